The molecule has 2 amide bonds. The molecule has 25 heavy (non-hydrogen) atoms. The Kier molecular flexibility index (Phi) is 5.53. The van der Waals surface area contributed by atoms with Crippen molar-refractivity contribution < 1.29 is 9.59 Å². The van der Waals surface area contributed by atoms with Gasteiger partial charge in [-0.15, -0.1) is 0 Å². The largest absolute Gasteiger partial charge is 0.337 e. The van der Waals surface area contributed by atoms with Crippen LogP contribution in [0.25, 0.3) is 0 Å². The van der Waals surface area contributed by atoms with Gasteiger partial charge in [-0.25, -0.2) is 0 Å². The van der Waals surface area contributed by atoms with Crippen LogP contribution in [0.3, 0.4) is 0 Å². The van der Waals surface area contributed by atoms with Gasteiger partial charge in [-0.2, -0.15) is 0 Å². The predicted molar refractivity (Wildman–Crippen MR) is 102 cm³/mol. The van der Waals surface area contributed by atoms with Crippen molar-refractivity contribution in [1.29, 1.82) is 0 Å². The highest BCUT2D eigenvalue weighted by Crippen LogP contribution is 2.16. The van der Waals surface area contributed by atoms with E-state index in [1.54, 1.807) is 0 Å². The summed E-state index contributed by atoms with van der Waals surface area (Å²) in [6, 6.07) is 15.1. The second kappa shape index (κ2) is 7.83. The van der Waals surface area contributed by atoms with Crippen LogP contribution in [0, 0.1) is 6.92 Å². The van der Waals surface area contributed by atoms with Crippen molar-refractivity contribution in [2.24, 2.45) is 0 Å². The molecule has 5 heteroatoms. The highest BCUT2D eigenvalue weighted by Gasteiger charge is 2.23. The molecule has 0 N–H and O–H groups in total. The molecule has 2 aromatic carbocycles. The lowest BCUT2D eigenvalue weighted by Gasteiger charge is -2.22. The minimum absolute atomic E-state index is 0.0194. The molecule has 1 fully saturated rings. The monoisotopic (exact) mass is 400 g/mol. The van der Waals surface area contributed by atoms with Crippen molar-refractivity contribution in [1.82, 2.24) is 9.80 Å². The molecular weight excluding hydrogens is 380 g/mol. The third-order valence-electron chi connectivity index (χ3n) is 4.44. The topological polar surface area (TPSA) is 40.6 Å². The Hall–Kier alpha value is -2.14. The number of aryl methyl sites for hydroxylation is 1. The summed E-state index contributed by atoms with van der Waals surface area (Å²) in [7, 11) is 0. The van der Waals surface area contributed by atoms with E-state index in [0.29, 0.717) is 37.3 Å². The van der Waals surface area contributed by atoms with Crippen molar-refractivity contribution in [3.05, 3.63) is 69.7 Å². The number of benzene rings is 2. The lowest BCUT2D eigenvalue weighted by atomic mass is 10.1. The molecule has 2 aromatic rings. The molecule has 130 valence electrons. The fourth-order valence-electron chi connectivity index (χ4n) is 3.01. The van der Waals surface area contributed by atoms with E-state index in [9.17, 15) is 9.59 Å². The molecule has 0 radical (unpaired) electrons. The summed E-state index contributed by atoms with van der Waals surface area (Å²) < 4.78 is 0.893. The smallest absolute Gasteiger partial charge is 0.253 e. The molecule has 1 aliphatic heterocycles. The summed E-state index contributed by atoms with van der Waals surface area (Å²) in [5, 5.41) is 0. The van der Waals surface area contributed by atoms with Crippen molar-refractivity contribution in [3.63, 3.8) is 0 Å². The number of rotatable bonds is 2. The van der Waals surface area contributed by atoms with E-state index in [2.05, 4.69) is 15.9 Å². The van der Waals surface area contributed by atoms with Crippen LogP contribution in [0.4, 0.5) is 0 Å². The van der Waals surface area contributed by atoms with E-state index in [-0.39, 0.29) is 11.8 Å². The third kappa shape index (κ3) is 4.28. The van der Waals surface area contributed by atoms with Crippen LogP contribution in [-0.4, -0.2) is 47.8 Å². The molecule has 1 saturated heterocycles. The number of amides is 2. The number of nitrogens with zero attached hydrogens (tertiary/aromatic N) is 2. The molecule has 0 aromatic heterocycles. The molecular formula is C20H21BrN2O2. The van der Waals surface area contributed by atoms with Gasteiger partial charge in [0.1, 0.15) is 0 Å². The summed E-state index contributed by atoms with van der Waals surface area (Å²) in [5.74, 6) is 0.0580. The van der Waals surface area contributed by atoms with E-state index in [1.165, 1.54) is 0 Å². The van der Waals surface area contributed by atoms with Crippen molar-refractivity contribution in [2.75, 3.05) is 26.2 Å². The van der Waals surface area contributed by atoms with Gasteiger partial charge in [0.2, 0.25) is 0 Å². The van der Waals surface area contributed by atoms with Gasteiger partial charge in [-0.1, -0.05) is 39.7 Å². The van der Waals surface area contributed by atoms with Crippen LogP contribution in [0.2, 0.25) is 0 Å². The summed E-state index contributed by atoms with van der Waals surface area (Å²) in [5.41, 5.74) is 2.52. The van der Waals surface area contributed by atoms with Crippen LogP contribution in [0.15, 0.2) is 53.0 Å². The van der Waals surface area contributed by atoms with Crippen molar-refractivity contribution in [2.45, 2.75) is 13.3 Å². The maximum atomic E-state index is 12.7. The summed E-state index contributed by atoms with van der Waals surface area (Å²) >= 11 is 3.41. The molecule has 0 spiro atoms. The normalized spacial score (nSPS) is 15.0. The standard InChI is InChI=1S/C20H21BrN2O2/c1-15-6-8-16(9-7-15)19(24)22-10-3-11-23(13-12-22)20(25)17-4-2-5-18(21)14-17/h2,4-9,14H,3,10-13H2,1H3. The van der Waals surface area contributed by atoms with Crippen LogP contribution in [0.1, 0.15) is 32.7 Å². The summed E-state index contributed by atoms with van der Waals surface area (Å²) in [4.78, 5) is 29.0. The Labute approximate surface area is 156 Å². The fraction of sp³-hybridized carbons (Fsp3) is 0.300. The maximum absolute atomic E-state index is 12.7. The van der Waals surface area contributed by atoms with Crippen LogP contribution in [0.5, 0.6) is 0 Å². The number of carbonyl (C=O) groups is 2. The zero-order valence-electron chi connectivity index (χ0n) is 14.2. The Bertz CT molecular complexity index is 774. The van der Waals surface area contributed by atoms with Gasteiger partial charge < -0.3 is 9.80 Å². The third-order valence-corrected chi connectivity index (χ3v) is 4.93. The average Bonchev–Trinajstić information content (AvgIpc) is 2.87. The average molecular weight is 401 g/mol. The minimum atomic E-state index is 0.0194. The van der Waals surface area contributed by atoms with Gasteiger partial charge in [-0.3, -0.25) is 9.59 Å². The Morgan fingerprint density at radius 1 is 0.840 bits per heavy atom. The number of halogens is 1. The van der Waals surface area contributed by atoms with E-state index in [1.807, 2.05) is 65.3 Å². The minimum Gasteiger partial charge on any atom is -0.337 e. The lowest BCUT2D eigenvalue weighted by Crippen LogP contribution is -2.37. The van der Waals surface area contributed by atoms with Gasteiger partial charge in [0.15, 0.2) is 0 Å². The molecule has 0 bridgehead atoms. The Balaban J connectivity index is 1.67. The summed E-state index contributed by atoms with van der Waals surface area (Å²) in [6.45, 7) is 4.47. The van der Waals surface area contributed by atoms with Gasteiger partial charge in [0.25, 0.3) is 11.8 Å². The highest BCUT2D eigenvalue weighted by molar-refractivity contribution is 9.10. The Morgan fingerprint density at radius 2 is 1.44 bits per heavy atom. The summed E-state index contributed by atoms with van der Waals surface area (Å²) in [6.07, 6.45) is 0.789. The molecule has 0 saturated carbocycles. The SMILES string of the molecule is Cc1ccc(C(=O)N2CCCN(C(=O)c3cccc(Br)c3)CC2)cc1. The zero-order valence-corrected chi connectivity index (χ0v) is 15.8. The molecule has 0 aliphatic carbocycles. The zero-order chi connectivity index (χ0) is 17.8. The van der Waals surface area contributed by atoms with E-state index in [4.69, 9.17) is 0 Å². The maximum Gasteiger partial charge on any atom is 0.253 e. The second-order valence-corrected chi connectivity index (χ2v) is 7.23. The van der Waals surface area contributed by atoms with E-state index < -0.39 is 0 Å². The molecule has 3 rings (SSSR count). The quantitative estimate of drug-likeness (QED) is 0.769. The van der Waals surface area contributed by atoms with Gasteiger partial charge in [0.05, 0.1) is 0 Å². The van der Waals surface area contributed by atoms with Crippen LogP contribution in [-0.2, 0) is 0 Å². The van der Waals surface area contributed by atoms with Gasteiger partial charge in [-0.05, 0) is 43.7 Å². The Morgan fingerprint density at radius 3 is 2.04 bits per heavy atom. The molecule has 1 heterocycles. The first-order valence-corrected chi connectivity index (χ1v) is 9.25. The number of carbonyl (C=O) groups excluding carboxylic acids is 2. The number of hydrogen-bond acceptors (Lipinski definition) is 2. The van der Waals surface area contributed by atoms with Gasteiger partial charge in [0, 0.05) is 41.8 Å². The second-order valence-electron chi connectivity index (χ2n) is 6.31. The first kappa shape index (κ1) is 17.7. The predicted octanol–water partition coefficient (Wildman–Crippen LogP) is 3.75. The first-order valence-electron chi connectivity index (χ1n) is 8.45. The molecule has 0 atom stereocenters. The highest BCUT2D eigenvalue weighted by atomic mass is 79.9. The molecule has 1 aliphatic rings. The fourth-order valence-corrected chi connectivity index (χ4v) is 3.41. The van der Waals surface area contributed by atoms with E-state index >= 15 is 0 Å². The first-order chi connectivity index (χ1) is 12.0. The molecule has 0 unspecified atom stereocenters. The van der Waals surface area contributed by atoms with Crippen LogP contribution >= 0.6 is 15.9 Å². The van der Waals surface area contributed by atoms with Crippen molar-refractivity contribution >= 4 is 27.7 Å². The van der Waals surface area contributed by atoms with Crippen molar-refractivity contribution in [3.8, 4) is 0 Å². The van der Waals surface area contributed by atoms with Crippen LogP contribution < -0.4 is 0 Å². The lowest BCUT2D eigenvalue weighted by molar-refractivity contribution is 0.0718. The van der Waals surface area contributed by atoms with Gasteiger partial charge >= 0.3 is 0 Å². The number of hydrogen-bond donors (Lipinski definition) is 0. The van der Waals surface area contributed by atoms with E-state index in [0.717, 1.165) is 16.5 Å². The molecule has 4 nitrogen and oxygen atoms in total.